The summed E-state index contributed by atoms with van der Waals surface area (Å²) in [6, 6.07) is 3.52. The Morgan fingerprint density at radius 2 is 2.13 bits per heavy atom. The van der Waals surface area contributed by atoms with Crippen LogP contribution in [-0.4, -0.2) is 31.1 Å². The number of benzene rings is 1. The molecule has 0 spiro atoms. The van der Waals surface area contributed by atoms with E-state index in [1.807, 2.05) is 6.92 Å². The molecular formula is C16H20ClN3O2S. The molecule has 7 heteroatoms. The van der Waals surface area contributed by atoms with Crippen LogP contribution in [-0.2, 0) is 0 Å². The van der Waals surface area contributed by atoms with Gasteiger partial charge in [-0.3, -0.25) is 5.43 Å². The van der Waals surface area contributed by atoms with Gasteiger partial charge in [-0.1, -0.05) is 30.3 Å². The largest absolute Gasteiger partial charge is 0.490 e. The molecule has 0 bridgehead atoms. The number of ether oxygens (including phenoxy) is 2. The zero-order chi connectivity index (χ0) is 17.1. The summed E-state index contributed by atoms with van der Waals surface area (Å²) in [5, 5.41) is 7.79. The standard InChI is InChI=1S/C16H20ClN3O2S/c1-4-7-18-16(23)20-19-11-12-9-13(17)15(22-8-5-2)14(10-12)21-6-3/h4-5,9-11H,1-2,6-8H2,3H3,(H2,18,20,23)/b19-11-. The Kier molecular flexibility index (Phi) is 8.79. The maximum Gasteiger partial charge on any atom is 0.187 e. The van der Waals surface area contributed by atoms with Gasteiger partial charge in [-0.25, -0.2) is 0 Å². The van der Waals surface area contributed by atoms with Crippen molar-refractivity contribution in [3.05, 3.63) is 48.0 Å². The molecule has 0 unspecified atom stereocenters. The molecule has 2 N–H and O–H groups in total. The second-order valence-electron chi connectivity index (χ2n) is 4.23. The number of halogens is 1. The highest BCUT2D eigenvalue weighted by Crippen LogP contribution is 2.36. The van der Waals surface area contributed by atoms with Crippen molar-refractivity contribution in [2.24, 2.45) is 5.10 Å². The molecule has 0 aliphatic carbocycles. The average Bonchev–Trinajstić information content (AvgIpc) is 2.52. The lowest BCUT2D eigenvalue weighted by molar-refractivity contribution is 0.297. The SMILES string of the molecule is C=CCNC(=S)N/N=C\c1cc(Cl)c(OCC=C)c(OCC)c1. The molecular weight excluding hydrogens is 334 g/mol. The Balaban J connectivity index is 2.84. The van der Waals surface area contributed by atoms with E-state index in [2.05, 4.69) is 29.0 Å². The van der Waals surface area contributed by atoms with Crippen LogP contribution < -0.4 is 20.2 Å². The number of nitrogens with zero attached hydrogens (tertiary/aromatic N) is 1. The monoisotopic (exact) mass is 353 g/mol. The molecule has 0 aromatic heterocycles. The number of hydrogen-bond acceptors (Lipinski definition) is 4. The first kappa shape index (κ1) is 19.0. The lowest BCUT2D eigenvalue weighted by Gasteiger charge is -2.13. The summed E-state index contributed by atoms with van der Waals surface area (Å²) in [5.74, 6) is 1.04. The van der Waals surface area contributed by atoms with Gasteiger partial charge in [0.15, 0.2) is 16.6 Å². The molecule has 0 aliphatic heterocycles. The Labute approximate surface area is 147 Å². The Hall–Kier alpha value is -2.05. The van der Waals surface area contributed by atoms with E-state index in [1.54, 1.807) is 30.5 Å². The maximum absolute atomic E-state index is 6.25. The van der Waals surface area contributed by atoms with Gasteiger partial charge in [-0.2, -0.15) is 5.10 Å². The van der Waals surface area contributed by atoms with E-state index in [0.717, 1.165) is 5.56 Å². The van der Waals surface area contributed by atoms with Gasteiger partial charge in [-0.05, 0) is 36.8 Å². The molecule has 0 atom stereocenters. The second kappa shape index (κ2) is 10.6. The number of rotatable bonds is 9. The summed E-state index contributed by atoms with van der Waals surface area (Å²) in [6.07, 6.45) is 4.93. The van der Waals surface area contributed by atoms with Gasteiger partial charge in [-0.15, -0.1) is 6.58 Å². The van der Waals surface area contributed by atoms with Crippen molar-refractivity contribution in [2.45, 2.75) is 6.92 Å². The zero-order valence-corrected chi connectivity index (χ0v) is 14.5. The lowest BCUT2D eigenvalue weighted by Crippen LogP contribution is -2.31. The number of nitrogens with one attached hydrogen (secondary N) is 2. The minimum Gasteiger partial charge on any atom is -0.490 e. The van der Waals surface area contributed by atoms with E-state index in [4.69, 9.17) is 33.3 Å². The van der Waals surface area contributed by atoms with Gasteiger partial charge in [0.05, 0.1) is 17.8 Å². The first-order valence-electron chi connectivity index (χ1n) is 7.00. The van der Waals surface area contributed by atoms with Crippen molar-refractivity contribution in [2.75, 3.05) is 19.8 Å². The lowest BCUT2D eigenvalue weighted by atomic mass is 10.2. The fourth-order valence-electron chi connectivity index (χ4n) is 1.58. The second-order valence-corrected chi connectivity index (χ2v) is 5.05. The molecule has 0 amide bonds. The van der Waals surface area contributed by atoms with Crippen LogP contribution in [0.25, 0.3) is 0 Å². The van der Waals surface area contributed by atoms with E-state index in [0.29, 0.717) is 41.4 Å². The van der Waals surface area contributed by atoms with Crippen molar-refractivity contribution < 1.29 is 9.47 Å². The fraction of sp³-hybridized carbons (Fsp3) is 0.250. The van der Waals surface area contributed by atoms with Crippen molar-refractivity contribution in [1.82, 2.24) is 10.7 Å². The van der Waals surface area contributed by atoms with E-state index < -0.39 is 0 Å². The predicted octanol–water partition coefficient (Wildman–Crippen LogP) is 3.29. The van der Waals surface area contributed by atoms with Crippen LogP contribution in [0.1, 0.15) is 12.5 Å². The van der Waals surface area contributed by atoms with E-state index in [9.17, 15) is 0 Å². The van der Waals surface area contributed by atoms with Crippen LogP contribution in [0.5, 0.6) is 11.5 Å². The van der Waals surface area contributed by atoms with Gasteiger partial charge in [0.2, 0.25) is 0 Å². The molecule has 0 fully saturated rings. The van der Waals surface area contributed by atoms with Crippen molar-refractivity contribution >= 4 is 35.1 Å². The maximum atomic E-state index is 6.25. The first-order chi connectivity index (χ1) is 11.1. The van der Waals surface area contributed by atoms with Gasteiger partial charge in [0, 0.05) is 6.54 Å². The molecule has 1 aromatic rings. The molecule has 1 aromatic carbocycles. The molecule has 5 nitrogen and oxygen atoms in total. The minimum absolute atomic E-state index is 0.345. The summed E-state index contributed by atoms with van der Waals surface area (Å²) in [5.41, 5.74) is 3.45. The Morgan fingerprint density at radius 1 is 1.35 bits per heavy atom. The summed E-state index contributed by atoms with van der Waals surface area (Å²) < 4.78 is 11.1. The summed E-state index contributed by atoms with van der Waals surface area (Å²) in [7, 11) is 0. The fourth-order valence-corrected chi connectivity index (χ4v) is 1.99. The molecule has 1 rings (SSSR count). The molecule has 0 saturated carbocycles. The highest BCUT2D eigenvalue weighted by Gasteiger charge is 2.11. The van der Waals surface area contributed by atoms with Crippen LogP contribution in [0, 0.1) is 0 Å². The Morgan fingerprint density at radius 3 is 2.78 bits per heavy atom. The predicted molar refractivity (Wildman–Crippen MR) is 99.8 cm³/mol. The third-order valence-electron chi connectivity index (χ3n) is 2.46. The van der Waals surface area contributed by atoms with Gasteiger partial charge >= 0.3 is 0 Å². The third-order valence-corrected chi connectivity index (χ3v) is 2.98. The van der Waals surface area contributed by atoms with Crippen LogP contribution in [0.3, 0.4) is 0 Å². The molecule has 23 heavy (non-hydrogen) atoms. The van der Waals surface area contributed by atoms with Crippen LogP contribution in [0.4, 0.5) is 0 Å². The summed E-state index contributed by atoms with van der Waals surface area (Å²) >= 11 is 11.3. The third kappa shape index (κ3) is 6.71. The summed E-state index contributed by atoms with van der Waals surface area (Å²) in [4.78, 5) is 0. The molecule has 0 heterocycles. The molecule has 0 saturated heterocycles. The van der Waals surface area contributed by atoms with Crippen molar-refractivity contribution in [3.63, 3.8) is 0 Å². The Bertz CT molecular complexity index is 591. The highest BCUT2D eigenvalue weighted by molar-refractivity contribution is 7.80. The molecule has 0 radical (unpaired) electrons. The van der Waals surface area contributed by atoms with E-state index in [1.165, 1.54) is 0 Å². The topological polar surface area (TPSA) is 54.9 Å². The highest BCUT2D eigenvalue weighted by atomic mass is 35.5. The van der Waals surface area contributed by atoms with Crippen LogP contribution in [0.2, 0.25) is 5.02 Å². The van der Waals surface area contributed by atoms with E-state index >= 15 is 0 Å². The number of hydrazone groups is 1. The quantitative estimate of drug-likeness (QED) is 0.309. The van der Waals surface area contributed by atoms with Crippen LogP contribution >= 0.6 is 23.8 Å². The minimum atomic E-state index is 0.345. The van der Waals surface area contributed by atoms with Gasteiger partial charge in [0.1, 0.15) is 6.61 Å². The van der Waals surface area contributed by atoms with Crippen molar-refractivity contribution in [3.8, 4) is 11.5 Å². The summed E-state index contributed by atoms with van der Waals surface area (Å²) in [6.45, 7) is 10.5. The van der Waals surface area contributed by atoms with E-state index in [-0.39, 0.29) is 0 Å². The van der Waals surface area contributed by atoms with Gasteiger partial charge < -0.3 is 14.8 Å². The number of thiocarbonyl (C=S) groups is 1. The normalized spacial score (nSPS) is 10.2. The molecule has 124 valence electrons. The number of hydrogen-bond donors (Lipinski definition) is 2. The zero-order valence-electron chi connectivity index (χ0n) is 13.0. The molecule has 0 aliphatic rings. The first-order valence-corrected chi connectivity index (χ1v) is 7.78. The van der Waals surface area contributed by atoms with Crippen LogP contribution in [0.15, 0.2) is 42.5 Å². The van der Waals surface area contributed by atoms with Crippen molar-refractivity contribution in [1.29, 1.82) is 0 Å². The van der Waals surface area contributed by atoms with Gasteiger partial charge in [0.25, 0.3) is 0 Å². The smallest absolute Gasteiger partial charge is 0.187 e. The average molecular weight is 354 g/mol.